The van der Waals surface area contributed by atoms with Gasteiger partial charge in [0.1, 0.15) is 0 Å². The van der Waals surface area contributed by atoms with Gasteiger partial charge in [0.25, 0.3) is 0 Å². The smallest absolute Gasteiger partial charge is 0.305 e. The topological polar surface area (TPSA) is 47.6 Å². The normalized spacial score (nSPS) is 32.3. The van der Waals surface area contributed by atoms with Crippen LogP contribution in [-0.4, -0.2) is 37.9 Å². The second kappa shape index (κ2) is 6.23. The minimum atomic E-state index is -0.0870. The molecule has 1 heterocycles. The molecular weight excluding hydrogens is 242 g/mol. The Bertz CT molecular complexity index is 317. The summed E-state index contributed by atoms with van der Waals surface area (Å²) in [5.41, 5.74) is 0.217. The molecule has 19 heavy (non-hydrogen) atoms. The first kappa shape index (κ1) is 14.8. The van der Waals surface area contributed by atoms with E-state index in [0.29, 0.717) is 31.1 Å². The molecule has 2 rings (SSSR count). The van der Waals surface area contributed by atoms with E-state index in [2.05, 4.69) is 19.2 Å². The molecule has 3 atom stereocenters. The van der Waals surface area contributed by atoms with Crippen LogP contribution in [0.2, 0.25) is 0 Å². The van der Waals surface area contributed by atoms with Crippen molar-refractivity contribution in [3.05, 3.63) is 0 Å². The van der Waals surface area contributed by atoms with Crippen molar-refractivity contribution in [2.24, 2.45) is 11.3 Å². The van der Waals surface area contributed by atoms with Gasteiger partial charge in [-0.1, -0.05) is 13.8 Å². The van der Waals surface area contributed by atoms with E-state index in [1.165, 1.54) is 12.8 Å². The fraction of sp³-hybridized carbons (Fsp3) is 0.933. The van der Waals surface area contributed by atoms with E-state index in [9.17, 15) is 4.79 Å². The number of ether oxygens (including phenoxy) is 2. The van der Waals surface area contributed by atoms with E-state index in [0.717, 1.165) is 19.6 Å². The summed E-state index contributed by atoms with van der Waals surface area (Å²) in [6.45, 7) is 8.68. The third-order valence-electron chi connectivity index (χ3n) is 4.56. The largest absolute Gasteiger partial charge is 0.466 e. The van der Waals surface area contributed by atoms with Crippen LogP contribution in [0.3, 0.4) is 0 Å². The summed E-state index contributed by atoms with van der Waals surface area (Å²) in [5.74, 6) is 0.572. The molecule has 0 radical (unpaired) electrons. The molecule has 0 aromatic rings. The zero-order valence-corrected chi connectivity index (χ0v) is 12.4. The highest BCUT2D eigenvalue weighted by Gasteiger charge is 2.57. The minimum Gasteiger partial charge on any atom is -0.466 e. The molecule has 1 saturated carbocycles. The molecule has 0 aromatic carbocycles. The van der Waals surface area contributed by atoms with Gasteiger partial charge in [0.05, 0.1) is 12.7 Å². The van der Waals surface area contributed by atoms with Crippen LogP contribution in [0.25, 0.3) is 0 Å². The Balaban J connectivity index is 1.69. The standard InChI is InChI=1S/C15H27NO3/c1-4-18-12(17)8-5-9-16-13-11-7-6-10-19-14(11)15(13,2)3/h11,13-14,16H,4-10H2,1-3H3. The van der Waals surface area contributed by atoms with Crippen molar-refractivity contribution in [3.63, 3.8) is 0 Å². The van der Waals surface area contributed by atoms with Crippen LogP contribution >= 0.6 is 0 Å². The van der Waals surface area contributed by atoms with Crippen LogP contribution in [0.4, 0.5) is 0 Å². The van der Waals surface area contributed by atoms with Gasteiger partial charge in [0, 0.05) is 30.4 Å². The quantitative estimate of drug-likeness (QED) is 0.593. The molecule has 2 fully saturated rings. The molecule has 110 valence electrons. The highest BCUT2D eigenvalue weighted by molar-refractivity contribution is 5.69. The Morgan fingerprint density at radius 2 is 2.26 bits per heavy atom. The number of hydrogen-bond donors (Lipinski definition) is 1. The van der Waals surface area contributed by atoms with Crippen LogP contribution in [0.15, 0.2) is 0 Å². The van der Waals surface area contributed by atoms with E-state index in [1.807, 2.05) is 6.92 Å². The predicted octanol–water partition coefficient (Wildman–Crippen LogP) is 2.12. The summed E-state index contributed by atoms with van der Waals surface area (Å²) in [6, 6.07) is 0.528. The summed E-state index contributed by atoms with van der Waals surface area (Å²) in [6.07, 6.45) is 4.23. The zero-order chi connectivity index (χ0) is 13.9. The summed E-state index contributed by atoms with van der Waals surface area (Å²) < 4.78 is 10.8. The molecule has 3 unspecified atom stereocenters. The summed E-state index contributed by atoms with van der Waals surface area (Å²) in [7, 11) is 0. The van der Waals surface area contributed by atoms with Crippen molar-refractivity contribution in [2.75, 3.05) is 19.8 Å². The number of carbonyl (C=O) groups excluding carboxylic acids is 1. The Morgan fingerprint density at radius 1 is 1.47 bits per heavy atom. The maximum absolute atomic E-state index is 11.3. The lowest BCUT2D eigenvalue weighted by atomic mass is 9.55. The monoisotopic (exact) mass is 269 g/mol. The maximum atomic E-state index is 11.3. The van der Waals surface area contributed by atoms with Crippen molar-refractivity contribution < 1.29 is 14.3 Å². The third kappa shape index (κ3) is 3.11. The fourth-order valence-corrected chi connectivity index (χ4v) is 3.66. The van der Waals surface area contributed by atoms with E-state index in [-0.39, 0.29) is 11.4 Å². The molecule has 0 spiro atoms. The second-order valence-electron chi connectivity index (χ2n) is 6.26. The van der Waals surface area contributed by atoms with Gasteiger partial charge in [-0.05, 0) is 32.7 Å². The van der Waals surface area contributed by atoms with Crippen molar-refractivity contribution in [1.29, 1.82) is 0 Å². The van der Waals surface area contributed by atoms with Crippen LogP contribution in [0.1, 0.15) is 46.5 Å². The van der Waals surface area contributed by atoms with E-state index in [1.54, 1.807) is 0 Å². The molecule has 1 aliphatic heterocycles. The van der Waals surface area contributed by atoms with Gasteiger partial charge in [-0.25, -0.2) is 0 Å². The molecule has 2 aliphatic rings. The molecule has 1 aliphatic carbocycles. The number of rotatable bonds is 6. The number of hydrogen-bond acceptors (Lipinski definition) is 4. The van der Waals surface area contributed by atoms with Gasteiger partial charge in [-0.3, -0.25) is 4.79 Å². The van der Waals surface area contributed by atoms with Crippen molar-refractivity contribution in [1.82, 2.24) is 5.32 Å². The Morgan fingerprint density at radius 3 is 3.00 bits per heavy atom. The van der Waals surface area contributed by atoms with Crippen LogP contribution in [0.5, 0.6) is 0 Å². The van der Waals surface area contributed by atoms with Crippen molar-refractivity contribution in [3.8, 4) is 0 Å². The van der Waals surface area contributed by atoms with Crippen LogP contribution < -0.4 is 5.32 Å². The Labute approximate surface area is 116 Å². The maximum Gasteiger partial charge on any atom is 0.305 e. The van der Waals surface area contributed by atoms with Crippen molar-refractivity contribution in [2.45, 2.75) is 58.6 Å². The minimum absolute atomic E-state index is 0.0870. The van der Waals surface area contributed by atoms with Crippen LogP contribution in [-0.2, 0) is 14.3 Å². The lowest BCUT2D eigenvalue weighted by molar-refractivity contribution is -0.192. The highest BCUT2D eigenvalue weighted by Crippen LogP contribution is 2.51. The second-order valence-corrected chi connectivity index (χ2v) is 6.26. The number of esters is 1. The zero-order valence-electron chi connectivity index (χ0n) is 12.4. The number of carbonyl (C=O) groups is 1. The van der Waals surface area contributed by atoms with Gasteiger partial charge in [0.15, 0.2) is 0 Å². The molecule has 4 nitrogen and oxygen atoms in total. The lowest BCUT2D eigenvalue weighted by Gasteiger charge is -2.60. The fourth-order valence-electron chi connectivity index (χ4n) is 3.66. The summed E-state index contributed by atoms with van der Waals surface area (Å²) in [4.78, 5) is 11.3. The van der Waals surface area contributed by atoms with E-state index in [4.69, 9.17) is 9.47 Å². The SMILES string of the molecule is CCOC(=O)CCCNC1C2CCCOC2C1(C)C. The van der Waals surface area contributed by atoms with Gasteiger partial charge < -0.3 is 14.8 Å². The first-order valence-electron chi connectivity index (χ1n) is 7.58. The third-order valence-corrected chi connectivity index (χ3v) is 4.56. The van der Waals surface area contributed by atoms with Crippen molar-refractivity contribution >= 4 is 5.97 Å². The average molecular weight is 269 g/mol. The van der Waals surface area contributed by atoms with Crippen LogP contribution in [0, 0.1) is 11.3 Å². The molecular formula is C15H27NO3. The first-order valence-corrected chi connectivity index (χ1v) is 7.58. The van der Waals surface area contributed by atoms with E-state index < -0.39 is 0 Å². The molecule has 0 amide bonds. The molecule has 0 aromatic heterocycles. The van der Waals surface area contributed by atoms with Gasteiger partial charge >= 0.3 is 5.97 Å². The van der Waals surface area contributed by atoms with Gasteiger partial charge in [0.2, 0.25) is 0 Å². The van der Waals surface area contributed by atoms with Gasteiger partial charge in [-0.15, -0.1) is 0 Å². The molecule has 0 bridgehead atoms. The number of fused-ring (bicyclic) bond motifs is 1. The van der Waals surface area contributed by atoms with Gasteiger partial charge in [-0.2, -0.15) is 0 Å². The Kier molecular flexibility index (Phi) is 4.85. The molecule has 1 N–H and O–H groups in total. The summed E-state index contributed by atoms with van der Waals surface area (Å²) in [5, 5.41) is 3.62. The predicted molar refractivity (Wildman–Crippen MR) is 73.9 cm³/mol. The summed E-state index contributed by atoms with van der Waals surface area (Å²) >= 11 is 0. The number of nitrogens with one attached hydrogen (secondary N) is 1. The highest BCUT2D eigenvalue weighted by atomic mass is 16.5. The first-order chi connectivity index (χ1) is 9.07. The molecule has 4 heteroatoms. The average Bonchev–Trinajstić information content (AvgIpc) is 2.38. The lowest BCUT2D eigenvalue weighted by Crippen LogP contribution is -2.69. The van der Waals surface area contributed by atoms with E-state index >= 15 is 0 Å². The Hall–Kier alpha value is -0.610. The molecule has 1 saturated heterocycles.